The number of aromatic nitrogens is 3. The average molecular weight is 451 g/mol. The summed E-state index contributed by atoms with van der Waals surface area (Å²) in [6.07, 6.45) is 4.30. The third-order valence-electron chi connectivity index (χ3n) is 5.52. The van der Waals surface area contributed by atoms with Gasteiger partial charge in [0.2, 0.25) is 17.8 Å². The van der Waals surface area contributed by atoms with E-state index in [9.17, 15) is 10.2 Å². The molecular weight excluding hydrogens is 416 g/mol. The summed E-state index contributed by atoms with van der Waals surface area (Å²) in [6, 6.07) is 13.9. The first-order valence-corrected chi connectivity index (χ1v) is 11.5. The van der Waals surface area contributed by atoms with E-state index >= 15 is 0 Å². The van der Waals surface area contributed by atoms with Gasteiger partial charge < -0.3 is 24.9 Å². The second kappa shape index (κ2) is 11.4. The molecule has 0 aliphatic heterocycles. The van der Waals surface area contributed by atoms with Crippen LogP contribution < -0.4 is 14.7 Å². The quantitative estimate of drug-likeness (QED) is 0.411. The van der Waals surface area contributed by atoms with E-state index in [2.05, 4.69) is 18.7 Å². The molecule has 0 saturated heterocycles. The van der Waals surface area contributed by atoms with Gasteiger partial charge in [-0.25, -0.2) is 0 Å². The van der Waals surface area contributed by atoms with Gasteiger partial charge >= 0.3 is 0 Å². The Morgan fingerprint density at radius 1 is 0.606 bits per heavy atom. The Balaban J connectivity index is 2.05. The van der Waals surface area contributed by atoms with Crippen LogP contribution in [0.1, 0.15) is 39.5 Å². The second-order valence-corrected chi connectivity index (χ2v) is 8.08. The molecule has 8 heteroatoms. The molecule has 0 aliphatic carbocycles. The molecule has 0 saturated carbocycles. The lowest BCUT2D eigenvalue weighted by atomic mass is 10.2. The van der Waals surface area contributed by atoms with Crippen molar-refractivity contribution in [2.24, 2.45) is 0 Å². The van der Waals surface area contributed by atoms with Crippen LogP contribution in [0, 0.1) is 0 Å². The molecule has 0 radical (unpaired) electrons. The van der Waals surface area contributed by atoms with E-state index in [0.717, 1.165) is 50.1 Å². The Bertz CT molecular complexity index is 933. The van der Waals surface area contributed by atoms with Crippen LogP contribution in [0.3, 0.4) is 0 Å². The van der Waals surface area contributed by atoms with Crippen LogP contribution in [0.2, 0.25) is 0 Å². The Hall–Kier alpha value is -3.55. The predicted molar refractivity (Wildman–Crippen MR) is 134 cm³/mol. The van der Waals surface area contributed by atoms with Gasteiger partial charge in [0.15, 0.2) is 0 Å². The minimum atomic E-state index is 0.210. The van der Waals surface area contributed by atoms with Crippen molar-refractivity contribution in [3.05, 3.63) is 48.5 Å². The Morgan fingerprint density at radius 3 is 1.33 bits per heavy atom. The van der Waals surface area contributed by atoms with Gasteiger partial charge in [0.1, 0.15) is 11.5 Å². The van der Waals surface area contributed by atoms with Gasteiger partial charge in [0.25, 0.3) is 0 Å². The number of rotatable bonds is 11. The topological polar surface area (TPSA) is 88.9 Å². The maximum absolute atomic E-state index is 9.66. The van der Waals surface area contributed by atoms with Crippen LogP contribution in [0.5, 0.6) is 11.5 Å². The minimum Gasteiger partial charge on any atom is -0.508 e. The molecule has 33 heavy (non-hydrogen) atoms. The molecule has 0 fully saturated rings. The lowest BCUT2D eigenvalue weighted by Crippen LogP contribution is -2.29. The summed E-state index contributed by atoms with van der Waals surface area (Å²) in [7, 11) is 3.80. The van der Waals surface area contributed by atoms with Crippen LogP contribution >= 0.6 is 0 Å². The number of hydrogen-bond acceptors (Lipinski definition) is 8. The predicted octanol–water partition coefficient (Wildman–Crippen LogP) is 5.23. The lowest BCUT2D eigenvalue weighted by Gasteiger charge is -2.26. The number of anilines is 5. The first kappa shape index (κ1) is 24.1. The molecule has 0 bridgehead atoms. The highest BCUT2D eigenvalue weighted by Crippen LogP contribution is 2.28. The lowest BCUT2D eigenvalue weighted by molar-refractivity contribution is 0.475. The minimum absolute atomic E-state index is 0.210. The fourth-order valence-corrected chi connectivity index (χ4v) is 3.38. The zero-order valence-electron chi connectivity index (χ0n) is 19.9. The van der Waals surface area contributed by atoms with Gasteiger partial charge in [-0.15, -0.1) is 0 Å². The summed E-state index contributed by atoms with van der Waals surface area (Å²) in [5.41, 5.74) is 1.72. The van der Waals surface area contributed by atoms with Crippen molar-refractivity contribution in [3.63, 3.8) is 0 Å². The summed E-state index contributed by atoms with van der Waals surface area (Å²) >= 11 is 0. The van der Waals surface area contributed by atoms with Gasteiger partial charge in [-0.1, -0.05) is 26.7 Å². The molecule has 2 aromatic carbocycles. The van der Waals surface area contributed by atoms with Gasteiger partial charge in [-0.3, -0.25) is 0 Å². The standard InChI is InChI=1S/C25H34N6O2/c1-5-7-17-31(18-8-6-2)25-27-23(29(3)19-9-13-21(32)14-10-19)26-24(28-25)30(4)20-11-15-22(33)16-12-20/h9-16,32-33H,5-8,17-18H2,1-4H3. The molecule has 1 aromatic heterocycles. The highest BCUT2D eigenvalue weighted by atomic mass is 16.3. The molecule has 0 spiro atoms. The molecule has 8 nitrogen and oxygen atoms in total. The van der Waals surface area contributed by atoms with E-state index in [1.54, 1.807) is 24.3 Å². The molecule has 3 aromatic rings. The van der Waals surface area contributed by atoms with Crippen LogP contribution in [-0.4, -0.2) is 52.3 Å². The average Bonchev–Trinajstić information content (AvgIpc) is 2.84. The molecular formula is C25H34N6O2. The van der Waals surface area contributed by atoms with E-state index in [-0.39, 0.29) is 11.5 Å². The van der Waals surface area contributed by atoms with Gasteiger partial charge in [-0.2, -0.15) is 15.0 Å². The zero-order chi connectivity index (χ0) is 23.8. The van der Waals surface area contributed by atoms with Crippen LogP contribution in [0.25, 0.3) is 0 Å². The molecule has 0 amide bonds. The maximum Gasteiger partial charge on any atom is 0.236 e. The fourth-order valence-electron chi connectivity index (χ4n) is 3.38. The number of phenolic OH excluding ortho intramolecular Hbond substituents is 2. The maximum atomic E-state index is 9.66. The number of nitrogens with zero attached hydrogens (tertiary/aromatic N) is 6. The number of phenols is 2. The van der Waals surface area contributed by atoms with Gasteiger partial charge in [-0.05, 0) is 61.4 Å². The first-order valence-electron chi connectivity index (χ1n) is 11.5. The fraction of sp³-hybridized carbons (Fsp3) is 0.400. The third-order valence-corrected chi connectivity index (χ3v) is 5.52. The molecule has 0 atom stereocenters. The molecule has 3 rings (SSSR count). The highest BCUT2D eigenvalue weighted by Gasteiger charge is 2.19. The third kappa shape index (κ3) is 6.25. The van der Waals surface area contributed by atoms with E-state index in [4.69, 9.17) is 15.0 Å². The number of aromatic hydroxyl groups is 2. The van der Waals surface area contributed by atoms with Crippen LogP contribution in [0.15, 0.2) is 48.5 Å². The smallest absolute Gasteiger partial charge is 0.236 e. The van der Waals surface area contributed by atoms with Crippen molar-refractivity contribution >= 4 is 29.2 Å². The van der Waals surface area contributed by atoms with E-state index < -0.39 is 0 Å². The molecule has 0 aliphatic rings. The van der Waals surface area contributed by atoms with Crippen LogP contribution in [0.4, 0.5) is 29.2 Å². The van der Waals surface area contributed by atoms with Gasteiger partial charge in [0.05, 0.1) is 0 Å². The molecule has 2 N–H and O–H groups in total. The van der Waals surface area contributed by atoms with Crippen molar-refractivity contribution in [2.45, 2.75) is 39.5 Å². The largest absolute Gasteiger partial charge is 0.508 e. The summed E-state index contributed by atoms with van der Waals surface area (Å²) in [4.78, 5) is 20.4. The number of hydrogen-bond donors (Lipinski definition) is 2. The summed E-state index contributed by atoms with van der Waals surface area (Å²) in [5.74, 6) is 2.10. The second-order valence-electron chi connectivity index (χ2n) is 8.08. The van der Waals surface area contributed by atoms with Gasteiger partial charge in [0, 0.05) is 38.6 Å². The zero-order valence-corrected chi connectivity index (χ0v) is 19.9. The van der Waals surface area contributed by atoms with E-state index in [1.807, 2.05) is 48.2 Å². The van der Waals surface area contributed by atoms with Crippen LogP contribution in [-0.2, 0) is 0 Å². The molecule has 0 unspecified atom stereocenters. The van der Waals surface area contributed by atoms with Crippen molar-refractivity contribution in [1.82, 2.24) is 15.0 Å². The Labute approximate surface area is 196 Å². The van der Waals surface area contributed by atoms with E-state index in [1.165, 1.54) is 0 Å². The van der Waals surface area contributed by atoms with Crippen molar-refractivity contribution < 1.29 is 10.2 Å². The first-order chi connectivity index (χ1) is 15.9. The summed E-state index contributed by atoms with van der Waals surface area (Å²) in [6.45, 7) is 6.12. The Morgan fingerprint density at radius 2 is 0.970 bits per heavy atom. The summed E-state index contributed by atoms with van der Waals surface area (Å²) in [5, 5.41) is 19.3. The van der Waals surface area contributed by atoms with Crippen molar-refractivity contribution in [2.75, 3.05) is 41.9 Å². The normalized spacial score (nSPS) is 10.8. The Kier molecular flexibility index (Phi) is 8.29. The monoisotopic (exact) mass is 450 g/mol. The molecule has 1 heterocycles. The highest BCUT2D eigenvalue weighted by molar-refractivity contribution is 5.63. The van der Waals surface area contributed by atoms with E-state index in [0.29, 0.717) is 17.8 Å². The van der Waals surface area contributed by atoms with Crippen molar-refractivity contribution in [3.8, 4) is 11.5 Å². The SMILES string of the molecule is CCCCN(CCCC)c1nc(N(C)c2ccc(O)cc2)nc(N(C)c2ccc(O)cc2)n1. The van der Waals surface area contributed by atoms with Crippen molar-refractivity contribution in [1.29, 1.82) is 0 Å². The number of unbranched alkanes of at least 4 members (excludes halogenated alkanes) is 2. The molecule has 176 valence electrons. The number of benzene rings is 2. The summed E-state index contributed by atoms with van der Waals surface area (Å²) < 4.78 is 0.